The van der Waals surface area contributed by atoms with Gasteiger partial charge in [0.25, 0.3) is 0 Å². The first-order valence-corrected chi connectivity index (χ1v) is 10.0. The molecule has 2 heterocycles. The fourth-order valence-electron chi connectivity index (χ4n) is 3.97. The molecule has 0 unspecified atom stereocenters. The third-order valence-electron chi connectivity index (χ3n) is 5.80. The standard InChI is InChI=1S/C21H28O9/c1-10-4-3-5-12(6-7-13-11(2)19(25)28-14(13)8-10)20(26)30-18-15(9-22)29-21(27)17(24)16(18)23/h5,8,13-18,21-24,27H,2-4,6-7,9H2,1H3/b10-8-,12-5+/t13-,14+,15-,16+,17-,18+,21-/m0/s1. The molecule has 3 rings (SSSR count). The molecule has 1 aliphatic carbocycles. The van der Waals surface area contributed by atoms with E-state index >= 15 is 0 Å². The van der Waals surface area contributed by atoms with Crippen LogP contribution < -0.4 is 0 Å². The first kappa shape index (κ1) is 22.6. The number of aliphatic hydroxyl groups is 4. The molecule has 2 fully saturated rings. The molecule has 0 aromatic heterocycles. The maximum atomic E-state index is 12.8. The molecule has 7 atom stereocenters. The van der Waals surface area contributed by atoms with Crippen molar-refractivity contribution in [3.05, 3.63) is 35.5 Å². The predicted molar refractivity (Wildman–Crippen MR) is 103 cm³/mol. The molecule has 9 nitrogen and oxygen atoms in total. The predicted octanol–water partition coefficient (Wildman–Crippen LogP) is -0.126. The maximum Gasteiger partial charge on any atom is 0.334 e. The van der Waals surface area contributed by atoms with E-state index in [4.69, 9.17) is 14.2 Å². The minimum atomic E-state index is -1.70. The number of carbonyl (C=O) groups is 2. The van der Waals surface area contributed by atoms with Crippen LogP contribution in [0.1, 0.15) is 32.6 Å². The Labute approximate surface area is 174 Å². The van der Waals surface area contributed by atoms with E-state index in [2.05, 4.69) is 6.58 Å². The van der Waals surface area contributed by atoms with E-state index in [1.807, 2.05) is 13.0 Å². The maximum absolute atomic E-state index is 12.8. The number of carbonyl (C=O) groups excluding carboxylic acids is 2. The topological polar surface area (TPSA) is 143 Å². The second-order valence-corrected chi connectivity index (χ2v) is 7.92. The minimum Gasteiger partial charge on any atom is -0.454 e. The van der Waals surface area contributed by atoms with Crippen molar-refractivity contribution in [1.82, 2.24) is 0 Å². The van der Waals surface area contributed by atoms with Gasteiger partial charge in [0.05, 0.1) is 6.61 Å². The summed E-state index contributed by atoms with van der Waals surface area (Å²) in [5, 5.41) is 39.0. The molecule has 3 aliphatic rings. The Hall–Kier alpha value is -2.04. The largest absolute Gasteiger partial charge is 0.454 e. The number of ether oxygens (including phenoxy) is 3. The highest BCUT2D eigenvalue weighted by atomic mass is 16.7. The Morgan fingerprint density at radius 2 is 2.00 bits per heavy atom. The van der Waals surface area contributed by atoms with Gasteiger partial charge in [-0.05, 0) is 38.7 Å². The van der Waals surface area contributed by atoms with Crippen LogP contribution in [0.5, 0.6) is 0 Å². The van der Waals surface area contributed by atoms with Crippen molar-refractivity contribution >= 4 is 11.9 Å². The Kier molecular flexibility index (Phi) is 7.10. The monoisotopic (exact) mass is 424 g/mol. The summed E-state index contributed by atoms with van der Waals surface area (Å²) in [6.45, 7) is 5.12. The van der Waals surface area contributed by atoms with Crippen molar-refractivity contribution in [3.63, 3.8) is 0 Å². The van der Waals surface area contributed by atoms with Crippen LogP contribution in [0, 0.1) is 5.92 Å². The molecule has 0 spiro atoms. The second kappa shape index (κ2) is 9.40. The van der Waals surface area contributed by atoms with Gasteiger partial charge in [-0.15, -0.1) is 0 Å². The molecule has 0 amide bonds. The van der Waals surface area contributed by atoms with Crippen LogP contribution in [0.15, 0.2) is 35.5 Å². The van der Waals surface area contributed by atoms with Gasteiger partial charge >= 0.3 is 11.9 Å². The Morgan fingerprint density at radius 1 is 1.27 bits per heavy atom. The van der Waals surface area contributed by atoms with E-state index in [-0.39, 0.29) is 5.92 Å². The molecular formula is C21H28O9. The zero-order valence-electron chi connectivity index (χ0n) is 16.8. The average Bonchev–Trinajstić information content (AvgIpc) is 2.97. The van der Waals surface area contributed by atoms with Gasteiger partial charge in [-0.3, -0.25) is 0 Å². The van der Waals surface area contributed by atoms with Gasteiger partial charge in [0.1, 0.15) is 24.4 Å². The molecule has 0 saturated carbocycles. The van der Waals surface area contributed by atoms with Crippen LogP contribution in [-0.4, -0.2) is 75.8 Å². The average molecular weight is 424 g/mol. The molecule has 2 saturated heterocycles. The number of rotatable bonds is 3. The van der Waals surface area contributed by atoms with Gasteiger partial charge in [-0.1, -0.05) is 18.2 Å². The van der Waals surface area contributed by atoms with E-state index in [1.165, 1.54) is 0 Å². The minimum absolute atomic E-state index is 0.257. The molecule has 0 bridgehead atoms. The van der Waals surface area contributed by atoms with Crippen molar-refractivity contribution < 1.29 is 44.2 Å². The number of fused-ring (bicyclic) bond motifs is 1. The molecule has 9 heteroatoms. The molecule has 2 aliphatic heterocycles. The Morgan fingerprint density at radius 3 is 2.70 bits per heavy atom. The van der Waals surface area contributed by atoms with Crippen molar-refractivity contribution in [2.45, 2.75) is 69.4 Å². The Balaban J connectivity index is 1.75. The Bertz CT molecular complexity index is 754. The van der Waals surface area contributed by atoms with Crippen LogP contribution >= 0.6 is 0 Å². The van der Waals surface area contributed by atoms with Gasteiger partial charge in [-0.2, -0.15) is 0 Å². The zero-order chi connectivity index (χ0) is 22.0. The number of hydrogen-bond acceptors (Lipinski definition) is 9. The van der Waals surface area contributed by atoms with Gasteiger partial charge in [-0.25, -0.2) is 9.59 Å². The van der Waals surface area contributed by atoms with Crippen molar-refractivity contribution in [2.24, 2.45) is 5.92 Å². The fraction of sp³-hybridized carbons (Fsp3) is 0.619. The summed E-state index contributed by atoms with van der Waals surface area (Å²) in [5.74, 6) is -1.42. The third-order valence-corrected chi connectivity index (χ3v) is 5.80. The molecule has 4 N–H and O–H groups in total. The second-order valence-electron chi connectivity index (χ2n) is 7.92. The molecule has 0 radical (unpaired) electrons. The molecule has 166 valence electrons. The highest BCUT2D eigenvalue weighted by molar-refractivity contribution is 5.91. The number of hydrogen-bond donors (Lipinski definition) is 4. The highest BCUT2D eigenvalue weighted by Crippen LogP contribution is 2.34. The van der Waals surface area contributed by atoms with E-state index in [9.17, 15) is 30.0 Å². The van der Waals surface area contributed by atoms with Crippen molar-refractivity contribution in [3.8, 4) is 0 Å². The normalized spacial score (nSPS) is 41.0. The lowest BCUT2D eigenvalue weighted by atomic mass is 9.88. The lowest BCUT2D eigenvalue weighted by Gasteiger charge is -2.39. The highest BCUT2D eigenvalue weighted by Gasteiger charge is 2.46. The smallest absolute Gasteiger partial charge is 0.334 e. The van der Waals surface area contributed by atoms with Crippen molar-refractivity contribution in [1.29, 1.82) is 0 Å². The molecular weight excluding hydrogens is 396 g/mol. The molecule has 30 heavy (non-hydrogen) atoms. The van der Waals surface area contributed by atoms with E-state index < -0.39 is 55.4 Å². The summed E-state index contributed by atoms with van der Waals surface area (Å²) < 4.78 is 15.8. The first-order chi connectivity index (χ1) is 14.2. The van der Waals surface area contributed by atoms with Crippen LogP contribution in [0.2, 0.25) is 0 Å². The summed E-state index contributed by atoms with van der Waals surface area (Å²) in [6.07, 6.45) is -2.32. The lowest BCUT2D eigenvalue weighted by Crippen LogP contribution is -2.59. The zero-order valence-corrected chi connectivity index (χ0v) is 16.8. The summed E-state index contributed by atoms with van der Waals surface area (Å²) in [7, 11) is 0. The van der Waals surface area contributed by atoms with Gasteiger partial charge in [0.2, 0.25) is 0 Å². The van der Waals surface area contributed by atoms with Gasteiger partial charge in [0.15, 0.2) is 12.4 Å². The quantitative estimate of drug-likeness (QED) is 0.277. The van der Waals surface area contributed by atoms with E-state index in [1.54, 1.807) is 6.08 Å². The van der Waals surface area contributed by atoms with Gasteiger partial charge in [0, 0.05) is 17.1 Å². The number of esters is 2. The summed E-state index contributed by atoms with van der Waals surface area (Å²) >= 11 is 0. The lowest BCUT2D eigenvalue weighted by molar-refractivity contribution is -0.289. The molecule has 0 aromatic rings. The van der Waals surface area contributed by atoms with Crippen LogP contribution in [0.25, 0.3) is 0 Å². The summed E-state index contributed by atoms with van der Waals surface area (Å²) in [6, 6.07) is 0. The van der Waals surface area contributed by atoms with E-state index in [0.29, 0.717) is 36.8 Å². The van der Waals surface area contributed by atoms with Crippen LogP contribution in [-0.2, 0) is 23.8 Å². The van der Waals surface area contributed by atoms with Crippen LogP contribution in [0.3, 0.4) is 0 Å². The third kappa shape index (κ3) is 4.65. The fourth-order valence-corrected chi connectivity index (χ4v) is 3.97. The SMILES string of the molecule is C=C1C(=O)O[C@@H]2/C=C(/C)CC/C=C(/C(=O)O[C@H]3[C@H](O)[C@H](O)[C@@H](O)O[C@H]3CO)CC[C@@H]12. The number of allylic oxidation sites excluding steroid dienone is 2. The summed E-state index contributed by atoms with van der Waals surface area (Å²) in [5.41, 5.74) is 1.73. The van der Waals surface area contributed by atoms with E-state index in [0.717, 1.165) is 5.57 Å². The van der Waals surface area contributed by atoms with Gasteiger partial charge < -0.3 is 34.6 Å². The summed E-state index contributed by atoms with van der Waals surface area (Å²) in [4.78, 5) is 24.7. The van der Waals surface area contributed by atoms with Crippen molar-refractivity contribution in [2.75, 3.05) is 6.61 Å². The molecule has 0 aromatic carbocycles. The first-order valence-electron chi connectivity index (χ1n) is 10.0. The van der Waals surface area contributed by atoms with Crippen LogP contribution in [0.4, 0.5) is 0 Å². The number of aliphatic hydroxyl groups excluding tert-OH is 4.